The number of hydrogen-bond acceptors (Lipinski definition) is 6. The predicted octanol–water partition coefficient (Wildman–Crippen LogP) is 5.77. The van der Waals surface area contributed by atoms with Crippen LogP contribution in [0.2, 0.25) is 0 Å². The van der Waals surface area contributed by atoms with Crippen LogP contribution in [0.25, 0.3) is 0 Å². The Hall–Kier alpha value is -2.76. The smallest absolute Gasteiger partial charge is 0.168 e. The van der Waals surface area contributed by atoms with Gasteiger partial charge in [-0.2, -0.15) is 0 Å². The summed E-state index contributed by atoms with van der Waals surface area (Å²) in [4.78, 5) is 0. The molecule has 0 radical (unpaired) electrons. The summed E-state index contributed by atoms with van der Waals surface area (Å²) in [6.07, 6.45) is 0. The summed E-state index contributed by atoms with van der Waals surface area (Å²) >= 11 is 0. The molecule has 0 saturated carbocycles. The SMILES string of the molecule is COc1cc(OC)c(OCCOc2ccc(OC)c(OC)c2C(C)(C)C)c(C(C)(C)C)c1. The van der Waals surface area contributed by atoms with Gasteiger partial charge < -0.3 is 28.4 Å². The molecule has 2 rings (SSSR count). The fourth-order valence-electron chi connectivity index (χ4n) is 3.59. The molecule has 0 aliphatic carbocycles. The normalized spacial score (nSPS) is 11.7. The molecular weight excluding hydrogens is 408 g/mol. The van der Waals surface area contributed by atoms with E-state index >= 15 is 0 Å². The van der Waals surface area contributed by atoms with Crippen LogP contribution in [0.5, 0.6) is 34.5 Å². The maximum Gasteiger partial charge on any atom is 0.168 e. The second-order valence-electron chi connectivity index (χ2n) is 9.58. The largest absolute Gasteiger partial charge is 0.497 e. The molecule has 0 atom stereocenters. The van der Waals surface area contributed by atoms with Crippen LogP contribution >= 0.6 is 0 Å². The van der Waals surface area contributed by atoms with Crippen molar-refractivity contribution < 1.29 is 28.4 Å². The van der Waals surface area contributed by atoms with E-state index in [1.54, 1.807) is 28.4 Å². The molecule has 0 saturated heterocycles. The molecule has 2 aromatic carbocycles. The van der Waals surface area contributed by atoms with E-state index in [1.807, 2.05) is 24.3 Å². The molecule has 0 spiro atoms. The summed E-state index contributed by atoms with van der Waals surface area (Å²) in [6.45, 7) is 13.4. The first kappa shape index (κ1) is 25.5. The highest BCUT2D eigenvalue weighted by Gasteiger charge is 2.27. The van der Waals surface area contributed by atoms with Crippen molar-refractivity contribution in [1.29, 1.82) is 0 Å². The first-order chi connectivity index (χ1) is 15.0. The lowest BCUT2D eigenvalue weighted by Gasteiger charge is -2.27. The fraction of sp³-hybridized carbons (Fsp3) is 0.538. The number of hydrogen-bond donors (Lipinski definition) is 0. The second kappa shape index (κ2) is 10.2. The number of methoxy groups -OCH3 is 4. The van der Waals surface area contributed by atoms with Crippen molar-refractivity contribution in [1.82, 2.24) is 0 Å². The Morgan fingerprint density at radius 3 is 1.69 bits per heavy atom. The second-order valence-corrected chi connectivity index (χ2v) is 9.58. The monoisotopic (exact) mass is 446 g/mol. The van der Waals surface area contributed by atoms with Gasteiger partial charge in [0.1, 0.15) is 24.7 Å². The molecule has 2 aromatic rings. The third-order valence-corrected chi connectivity index (χ3v) is 5.14. The van der Waals surface area contributed by atoms with E-state index in [0.717, 1.165) is 22.6 Å². The lowest BCUT2D eigenvalue weighted by Crippen LogP contribution is -2.19. The maximum atomic E-state index is 6.17. The van der Waals surface area contributed by atoms with Crippen molar-refractivity contribution in [3.05, 3.63) is 35.4 Å². The van der Waals surface area contributed by atoms with E-state index in [4.69, 9.17) is 28.4 Å². The van der Waals surface area contributed by atoms with E-state index in [9.17, 15) is 0 Å². The van der Waals surface area contributed by atoms with Crippen LogP contribution in [0.15, 0.2) is 24.3 Å². The zero-order chi connectivity index (χ0) is 24.1. The van der Waals surface area contributed by atoms with Crippen LogP contribution in [0.1, 0.15) is 52.7 Å². The van der Waals surface area contributed by atoms with E-state index in [0.29, 0.717) is 36.2 Å². The summed E-state index contributed by atoms with van der Waals surface area (Å²) in [5.74, 6) is 4.18. The molecule has 0 aromatic heterocycles. The van der Waals surface area contributed by atoms with Crippen molar-refractivity contribution in [2.45, 2.75) is 52.4 Å². The van der Waals surface area contributed by atoms with Gasteiger partial charge >= 0.3 is 0 Å². The summed E-state index contributed by atoms with van der Waals surface area (Å²) in [6, 6.07) is 7.59. The van der Waals surface area contributed by atoms with Gasteiger partial charge in [-0.1, -0.05) is 41.5 Å². The highest BCUT2D eigenvalue weighted by atomic mass is 16.5. The molecule has 6 heteroatoms. The van der Waals surface area contributed by atoms with Crippen molar-refractivity contribution in [3.63, 3.8) is 0 Å². The maximum absolute atomic E-state index is 6.17. The standard InChI is InChI=1S/C26H38O6/c1-25(2,3)18-15-17(27-7)16-21(29-9)23(18)32-14-13-31-19-11-12-20(28-8)24(30-10)22(19)26(4,5)6/h11-12,15-16H,13-14H2,1-10H3. The van der Waals surface area contributed by atoms with Gasteiger partial charge in [-0.3, -0.25) is 0 Å². The quantitative estimate of drug-likeness (QED) is 0.456. The number of benzene rings is 2. The van der Waals surface area contributed by atoms with Gasteiger partial charge in [0.05, 0.1) is 28.4 Å². The van der Waals surface area contributed by atoms with Gasteiger partial charge in [-0.05, 0) is 29.0 Å². The van der Waals surface area contributed by atoms with Crippen LogP contribution in [-0.2, 0) is 10.8 Å². The lowest BCUT2D eigenvalue weighted by atomic mass is 9.85. The molecule has 0 N–H and O–H groups in total. The molecule has 0 aliphatic rings. The van der Waals surface area contributed by atoms with Gasteiger partial charge in [0.25, 0.3) is 0 Å². The average Bonchev–Trinajstić information content (AvgIpc) is 2.74. The van der Waals surface area contributed by atoms with E-state index in [2.05, 4.69) is 41.5 Å². The lowest BCUT2D eigenvalue weighted by molar-refractivity contribution is 0.204. The average molecular weight is 447 g/mol. The van der Waals surface area contributed by atoms with Gasteiger partial charge in [0.2, 0.25) is 0 Å². The highest BCUT2D eigenvalue weighted by Crippen LogP contribution is 2.45. The molecular formula is C26H38O6. The Balaban J connectivity index is 2.26. The third kappa shape index (κ3) is 5.72. The molecule has 178 valence electrons. The number of ether oxygens (including phenoxy) is 6. The highest BCUT2D eigenvalue weighted by molar-refractivity contribution is 5.57. The minimum absolute atomic E-state index is 0.152. The van der Waals surface area contributed by atoms with Crippen LogP contribution in [0, 0.1) is 0 Å². The van der Waals surface area contributed by atoms with E-state index < -0.39 is 0 Å². The topological polar surface area (TPSA) is 55.4 Å². The van der Waals surface area contributed by atoms with Gasteiger partial charge in [0, 0.05) is 17.2 Å². The Bertz CT molecular complexity index is 906. The first-order valence-corrected chi connectivity index (χ1v) is 10.8. The van der Waals surface area contributed by atoms with Crippen LogP contribution in [-0.4, -0.2) is 41.7 Å². The Labute approximate surface area is 192 Å². The van der Waals surface area contributed by atoms with Crippen LogP contribution in [0.3, 0.4) is 0 Å². The Morgan fingerprint density at radius 1 is 0.594 bits per heavy atom. The van der Waals surface area contributed by atoms with Crippen LogP contribution < -0.4 is 28.4 Å². The van der Waals surface area contributed by atoms with Crippen molar-refractivity contribution in [3.8, 4) is 34.5 Å². The summed E-state index contributed by atoms with van der Waals surface area (Å²) in [5.41, 5.74) is 1.61. The van der Waals surface area contributed by atoms with Gasteiger partial charge in [-0.15, -0.1) is 0 Å². The van der Waals surface area contributed by atoms with Gasteiger partial charge in [0.15, 0.2) is 23.0 Å². The predicted molar refractivity (Wildman–Crippen MR) is 127 cm³/mol. The fourth-order valence-corrected chi connectivity index (χ4v) is 3.59. The van der Waals surface area contributed by atoms with Crippen molar-refractivity contribution in [2.24, 2.45) is 0 Å². The molecule has 0 aliphatic heterocycles. The molecule has 0 unspecified atom stereocenters. The molecule has 32 heavy (non-hydrogen) atoms. The van der Waals surface area contributed by atoms with Crippen molar-refractivity contribution in [2.75, 3.05) is 41.7 Å². The van der Waals surface area contributed by atoms with Gasteiger partial charge in [-0.25, -0.2) is 0 Å². The zero-order valence-electron chi connectivity index (χ0n) is 21.2. The first-order valence-electron chi connectivity index (χ1n) is 10.8. The van der Waals surface area contributed by atoms with E-state index in [-0.39, 0.29) is 10.8 Å². The zero-order valence-corrected chi connectivity index (χ0v) is 21.2. The summed E-state index contributed by atoms with van der Waals surface area (Å²) in [7, 11) is 6.55. The Kier molecular flexibility index (Phi) is 8.16. The van der Waals surface area contributed by atoms with E-state index in [1.165, 1.54) is 0 Å². The number of rotatable bonds is 9. The minimum Gasteiger partial charge on any atom is -0.497 e. The molecule has 0 amide bonds. The molecule has 0 heterocycles. The minimum atomic E-state index is -0.200. The van der Waals surface area contributed by atoms with Crippen LogP contribution in [0.4, 0.5) is 0 Å². The summed E-state index contributed by atoms with van der Waals surface area (Å²) in [5, 5.41) is 0. The molecule has 0 bridgehead atoms. The summed E-state index contributed by atoms with van der Waals surface area (Å²) < 4.78 is 34.5. The Morgan fingerprint density at radius 2 is 1.19 bits per heavy atom. The molecule has 0 fully saturated rings. The third-order valence-electron chi connectivity index (χ3n) is 5.14. The van der Waals surface area contributed by atoms with Crippen molar-refractivity contribution >= 4 is 0 Å². The molecule has 6 nitrogen and oxygen atoms in total.